The Bertz CT molecular complexity index is 1270. The second-order valence-corrected chi connectivity index (χ2v) is 7.31. The molecule has 0 aromatic carbocycles. The monoisotopic (exact) mass is 503 g/mol. The molecule has 0 fully saturated rings. The van der Waals surface area contributed by atoms with E-state index in [0.717, 1.165) is 45.1 Å². The van der Waals surface area contributed by atoms with Gasteiger partial charge in [-0.05, 0) is 70.8 Å². The zero-order valence-electron chi connectivity index (χ0n) is 18.5. The van der Waals surface area contributed by atoms with Gasteiger partial charge in [-0.25, -0.2) is 0 Å². The summed E-state index contributed by atoms with van der Waals surface area (Å²) in [5.74, 6) is 0. The maximum Gasteiger partial charge on any atom is 2.00 e. The maximum atomic E-state index is 4.35. The summed E-state index contributed by atoms with van der Waals surface area (Å²) in [6, 6.07) is 15.7. The number of rotatable bonds is 4. The minimum atomic E-state index is 0. The van der Waals surface area contributed by atoms with Gasteiger partial charge >= 0.3 is 17.1 Å². The third-order valence-corrected chi connectivity index (χ3v) is 5.18. The Labute approximate surface area is 214 Å². The van der Waals surface area contributed by atoms with Crippen LogP contribution in [0.2, 0.25) is 0 Å². The second kappa shape index (κ2) is 11.7. The molecule has 1 radical (unpaired) electrons. The molecule has 2 aliphatic rings. The Kier molecular flexibility index (Phi) is 7.96. The summed E-state index contributed by atoms with van der Waals surface area (Å²) in [5.41, 5.74) is 8.01. The molecule has 6 rings (SSSR count). The molecule has 0 N–H and O–H groups in total. The molecule has 4 aromatic rings. The first kappa shape index (κ1) is 23.8. The minimum absolute atomic E-state index is 0. The molecule has 0 saturated carbocycles. The quantitative estimate of drug-likeness (QED) is 0.372. The van der Waals surface area contributed by atoms with E-state index in [9.17, 15) is 0 Å². The predicted octanol–water partition coefficient (Wildman–Crippen LogP) is 4.88. The number of nitrogens with zero attached hydrogens (tertiary/aromatic N) is 6. The SMILES string of the molecule is C1=C/C(=C(\c2ccncc2)c2ccc[n-]2)N=C1.C1=C/C(=C(\c2ccncc2)c2ccc[n-]2)N=C1.[Cu+2]. The van der Waals surface area contributed by atoms with Gasteiger partial charge in [-0.2, -0.15) is 12.4 Å². The minimum Gasteiger partial charge on any atom is -0.664 e. The maximum absolute atomic E-state index is 4.35. The number of aromatic nitrogens is 4. The van der Waals surface area contributed by atoms with E-state index < -0.39 is 0 Å². The summed E-state index contributed by atoms with van der Waals surface area (Å²) in [4.78, 5) is 25.5. The van der Waals surface area contributed by atoms with Crippen molar-refractivity contribution in [1.82, 2.24) is 19.9 Å². The average Bonchev–Trinajstić information content (AvgIpc) is 3.71. The summed E-state index contributed by atoms with van der Waals surface area (Å²) in [6.45, 7) is 0. The van der Waals surface area contributed by atoms with Crippen LogP contribution in [0.15, 0.2) is 131 Å². The predicted molar refractivity (Wildman–Crippen MR) is 135 cm³/mol. The third-order valence-electron chi connectivity index (χ3n) is 5.18. The van der Waals surface area contributed by atoms with Gasteiger partial charge in [0.25, 0.3) is 0 Å². The van der Waals surface area contributed by atoms with Gasteiger partial charge in [0.15, 0.2) is 0 Å². The van der Waals surface area contributed by atoms with Crippen LogP contribution in [0.25, 0.3) is 11.1 Å². The molecule has 173 valence electrons. The number of aliphatic imine (C=N–C) groups is 2. The molecule has 4 aromatic heterocycles. The normalized spacial score (nSPS) is 16.0. The molecule has 7 heteroatoms. The first-order valence-corrected chi connectivity index (χ1v) is 10.8. The van der Waals surface area contributed by atoms with Gasteiger partial charge in [-0.15, -0.1) is 11.4 Å². The molecule has 0 saturated heterocycles. The molecule has 0 atom stereocenters. The molecular weight excluding hydrogens is 484 g/mol. The van der Waals surface area contributed by atoms with Crippen molar-refractivity contribution in [3.63, 3.8) is 0 Å². The van der Waals surface area contributed by atoms with Crippen LogP contribution in [0.3, 0.4) is 0 Å². The molecule has 6 heterocycles. The first-order valence-electron chi connectivity index (χ1n) is 10.8. The van der Waals surface area contributed by atoms with Crippen LogP contribution in [0, 0.1) is 0 Å². The molecule has 0 bridgehead atoms. The number of pyridine rings is 2. The van der Waals surface area contributed by atoms with Crippen molar-refractivity contribution in [2.75, 3.05) is 0 Å². The van der Waals surface area contributed by atoms with Gasteiger partial charge in [-0.3, -0.25) is 20.0 Å². The van der Waals surface area contributed by atoms with E-state index in [1.54, 1.807) is 49.6 Å². The fourth-order valence-electron chi connectivity index (χ4n) is 3.68. The topological polar surface area (TPSA) is 78.7 Å². The summed E-state index contributed by atoms with van der Waals surface area (Å²) in [7, 11) is 0. The zero-order valence-corrected chi connectivity index (χ0v) is 19.5. The second-order valence-electron chi connectivity index (χ2n) is 7.31. The van der Waals surface area contributed by atoms with Crippen LogP contribution in [-0.4, -0.2) is 22.4 Å². The molecule has 2 aliphatic heterocycles. The van der Waals surface area contributed by atoms with Crippen molar-refractivity contribution in [3.05, 3.63) is 144 Å². The van der Waals surface area contributed by atoms with Crippen LogP contribution in [0.5, 0.6) is 0 Å². The Morgan fingerprint density at radius 1 is 0.571 bits per heavy atom. The number of hydrogen-bond acceptors (Lipinski definition) is 4. The van der Waals surface area contributed by atoms with Crippen molar-refractivity contribution in [2.45, 2.75) is 0 Å². The summed E-state index contributed by atoms with van der Waals surface area (Å²) < 4.78 is 0. The van der Waals surface area contributed by atoms with Crippen LogP contribution in [-0.2, 0) is 17.1 Å². The third kappa shape index (κ3) is 5.61. The van der Waals surface area contributed by atoms with E-state index in [4.69, 9.17) is 0 Å². The summed E-state index contributed by atoms with van der Waals surface area (Å²) in [5, 5.41) is 0. The fraction of sp³-hybridized carbons (Fsp3) is 0. The standard InChI is InChI=1S/2C14H10N3.Cu/c2*1-3-12(16-7-1)14(13-4-2-8-17-13)11-5-9-15-10-6-11;/h2*1-10H;/q2*-1;+2/b2*14-12-;. The van der Waals surface area contributed by atoms with E-state index in [2.05, 4.69) is 29.9 Å². The first-order chi connectivity index (χ1) is 16.9. The van der Waals surface area contributed by atoms with Gasteiger partial charge in [0.05, 0.1) is 11.4 Å². The largest absolute Gasteiger partial charge is 2.00 e. The number of allylic oxidation sites excluding steroid dienone is 4. The van der Waals surface area contributed by atoms with Crippen LogP contribution >= 0.6 is 0 Å². The smallest absolute Gasteiger partial charge is 0.664 e. The van der Waals surface area contributed by atoms with Gasteiger partial charge in [-0.1, -0.05) is 24.3 Å². The van der Waals surface area contributed by atoms with Gasteiger partial charge < -0.3 is 9.97 Å². The van der Waals surface area contributed by atoms with Crippen molar-refractivity contribution < 1.29 is 17.1 Å². The Balaban J connectivity index is 0.000000160. The molecule has 6 nitrogen and oxygen atoms in total. The van der Waals surface area contributed by atoms with Crippen LogP contribution in [0.4, 0.5) is 0 Å². The van der Waals surface area contributed by atoms with Crippen molar-refractivity contribution in [1.29, 1.82) is 0 Å². The van der Waals surface area contributed by atoms with Gasteiger partial charge in [0, 0.05) is 37.2 Å². The van der Waals surface area contributed by atoms with E-state index >= 15 is 0 Å². The average molecular weight is 504 g/mol. The van der Waals surface area contributed by atoms with Crippen molar-refractivity contribution >= 4 is 23.6 Å². The molecular formula is C28H20CuN6. The molecule has 0 aliphatic carbocycles. The molecule has 0 unspecified atom stereocenters. The van der Waals surface area contributed by atoms with Crippen molar-refractivity contribution in [3.8, 4) is 0 Å². The Morgan fingerprint density at radius 2 is 1.00 bits per heavy atom. The van der Waals surface area contributed by atoms with Crippen molar-refractivity contribution in [2.24, 2.45) is 9.98 Å². The molecule has 35 heavy (non-hydrogen) atoms. The summed E-state index contributed by atoms with van der Waals surface area (Å²) >= 11 is 0. The van der Waals surface area contributed by atoms with Crippen LogP contribution < -0.4 is 9.97 Å². The molecule has 0 amide bonds. The number of hydrogen-bond donors (Lipinski definition) is 0. The Morgan fingerprint density at radius 3 is 1.31 bits per heavy atom. The van der Waals surface area contributed by atoms with E-state index in [1.165, 1.54) is 0 Å². The van der Waals surface area contributed by atoms with Crippen LogP contribution in [0.1, 0.15) is 22.5 Å². The molecule has 0 spiro atoms. The van der Waals surface area contributed by atoms with E-state index in [0.29, 0.717) is 0 Å². The zero-order chi connectivity index (χ0) is 23.0. The van der Waals surface area contributed by atoms with E-state index in [-0.39, 0.29) is 17.1 Å². The fourth-order valence-corrected chi connectivity index (χ4v) is 3.68. The van der Waals surface area contributed by atoms with E-state index in [1.807, 2.05) is 72.8 Å². The van der Waals surface area contributed by atoms with Gasteiger partial charge in [0.2, 0.25) is 0 Å². The summed E-state index contributed by atoms with van der Waals surface area (Å²) in [6.07, 6.45) is 22.1. The Hall–Kier alpha value is -4.32. The van der Waals surface area contributed by atoms with Gasteiger partial charge in [0.1, 0.15) is 0 Å².